The zero-order valence-corrected chi connectivity index (χ0v) is 24.1. The van der Waals surface area contributed by atoms with E-state index in [0.717, 1.165) is 24.0 Å². The average Bonchev–Trinajstić information content (AvgIpc) is 3.63. The second-order valence-electron chi connectivity index (χ2n) is 11.1. The molecule has 0 bridgehead atoms. The van der Waals surface area contributed by atoms with E-state index < -0.39 is 35.6 Å². The summed E-state index contributed by atoms with van der Waals surface area (Å²) in [5, 5.41) is 9.33. The molecule has 1 aliphatic carbocycles. The van der Waals surface area contributed by atoms with Crippen molar-refractivity contribution < 1.29 is 23.9 Å². The van der Waals surface area contributed by atoms with Crippen molar-refractivity contribution in [3.63, 3.8) is 0 Å². The standard InChI is InChI=1S/C30H35Cl2N3O5/c1-18(2)14-25(28(38)34-24(17-36)15-20-10-13-33-27(20)37)35-29(39)40-26(19-6-8-22(31)9-7-19)30(11-12-30)21-4-3-5-23(32)16-21/h3-9,16-18,20,24-26H,10-15H2,1-2H3,(H,33,37)(H,34,38)(H,35,39)/t20-,24-,25-,26?/m0/s1. The summed E-state index contributed by atoms with van der Waals surface area (Å²) in [6, 6.07) is 12.9. The van der Waals surface area contributed by atoms with Crippen LogP contribution in [0.3, 0.4) is 0 Å². The van der Waals surface area contributed by atoms with E-state index in [1.165, 1.54) is 0 Å². The Kier molecular flexibility index (Phi) is 9.74. The monoisotopic (exact) mass is 587 g/mol. The van der Waals surface area contributed by atoms with Crippen LogP contribution in [-0.2, 0) is 24.5 Å². The van der Waals surface area contributed by atoms with Crippen LogP contribution >= 0.6 is 23.2 Å². The number of aldehydes is 1. The van der Waals surface area contributed by atoms with Crippen LogP contribution in [0.2, 0.25) is 10.0 Å². The Balaban J connectivity index is 1.50. The molecule has 2 aliphatic rings. The van der Waals surface area contributed by atoms with E-state index >= 15 is 0 Å². The topological polar surface area (TPSA) is 114 Å². The molecule has 3 N–H and O–H groups in total. The molecule has 1 saturated heterocycles. The van der Waals surface area contributed by atoms with Crippen molar-refractivity contribution in [1.82, 2.24) is 16.0 Å². The molecule has 40 heavy (non-hydrogen) atoms. The number of nitrogens with one attached hydrogen (secondary N) is 3. The molecule has 0 aromatic heterocycles. The van der Waals surface area contributed by atoms with Gasteiger partial charge in [-0.1, -0.05) is 61.3 Å². The molecule has 2 fully saturated rings. The number of halogens is 2. The lowest BCUT2D eigenvalue weighted by Gasteiger charge is -2.29. The number of carbonyl (C=O) groups excluding carboxylic acids is 4. The molecule has 0 spiro atoms. The maximum atomic E-state index is 13.4. The van der Waals surface area contributed by atoms with E-state index in [9.17, 15) is 19.2 Å². The van der Waals surface area contributed by atoms with Crippen molar-refractivity contribution in [2.24, 2.45) is 11.8 Å². The van der Waals surface area contributed by atoms with Crippen LogP contribution in [0.4, 0.5) is 4.79 Å². The van der Waals surface area contributed by atoms with Gasteiger partial charge in [0.2, 0.25) is 11.8 Å². The summed E-state index contributed by atoms with van der Waals surface area (Å²) in [4.78, 5) is 50.3. The molecular formula is C30H35Cl2N3O5. The first-order chi connectivity index (χ1) is 19.1. The molecule has 0 radical (unpaired) electrons. The van der Waals surface area contributed by atoms with E-state index in [1.54, 1.807) is 18.2 Å². The normalized spacial score (nSPS) is 19.7. The Morgan fingerprint density at radius 3 is 2.40 bits per heavy atom. The average molecular weight is 589 g/mol. The van der Waals surface area contributed by atoms with Gasteiger partial charge in [0.15, 0.2) is 0 Å². The highest BCUT2D eigenvalue weighted by Crippen LogP contribution is 2.58. The van der Waals surface area contributed by atoms with Crippen LogP contribution in [0.5, 0.6) is 0 Å². The summed E-state index contributed by atoms with van der Waals surface area (Å²) >= 11 is 12.4. The van der Waals surface area contributed by atoms with Crippen LogP contribution in [0.25, 0.3) is 0 Å². The molecule has 1 saturated carbocycles. The Hall–Kier alpha value is -3.10. The van der Waals surface area contributed by atoms with Gasteiger partial charge in [-0.2, -0.15) is 0 Å². The van der Waals surface area contributed by atoms with Crippen LogP contribution in [0, 0.1) is 11.8 Å². The first kappa shape index (κ1) is 29.9. The van der Waals surface area contributed by atoms with Gasteiger partial charge in [-0.05, 0) is 73.4 Å². The summed E-state index contributed by atoms with van der Waals surface area (Å²) in [6.07, 6.45) is 1.98. The van der Waals surface area contributed by atoms with Gasteiger partial charge < -0.3 is 25.5 Å². The minimum atomic E-state index is -0.931. The zero-order valence-electron chi connectivity index (χ0n) is 22.6. The fourth-order valence-electron chi connectivity index (χ4n) is 5.37. The summed E-state index contributed by atoms with van der Waals surface area (Å²) < 4.78 is 6.07. The lowest BCUT2D eigenvalue weighted by Crippen LogP contribution is -2.51. The van der Waals surface area contributed by atoms with Crippen molar-refractivity contribution in [3.05, 3.63) is 69.7 Å². The maximum Gasteiger partial charge on any atom is 0.408 e. The summed E-state index contributed by atoms with van der Waals surface area (Å²) in [7, 11) is 0. The smallest absolute Gasteiger partial charge is 0.408 e. The van der Waals surface area contributed by atoms with Crippen LogP contribution < -0.4 is 16.0 Å². The van der Waals surface area contributed by atoms with E-state index in [4.69, 9.17) is 27.9 Å². The first-order valence-corrected chi connectivity index (χ1v) is 14.4. The van der Waals surface area contributed by atoms with E-state index in [0.29, 0.717) is 35.7 Å². The molecule has 8 nitrogen and oxygen atoms in total. The highest BCUT2D eigenvalue weighted by atomic mass is 35.5. The molecule has 3 amide bonds. The summed E-state index contributed by atoms with van der Waals surface area (Å²) in [5.74, 6) is -0.887. The highest BCUT2D eigenvalue weighted by Gasteiger charge is 2.53. The van der Waals surface area contributed by atoms with Gasteiger partial charge in [0.1, 0.15) is 18.4 Å². The Bertz CT molecular complexity index is 1230. The molecule has 2 aromatic rings. The van der Waals surface area contributed by atoms with Crippen LogP contribution in [0.15, 0.2) is 48.5 Å². The van der Waals surface area contributed by atoms with Gasteiger partial charge in [-0.25, -0.2) is 4.79 Å². The predicted molar refractivity (Wildman–Crippen MR) is 153 cm³/mol. The quantitative estimate of drug-likeness (QED) is 0.298. The minimum Gasteiger partial charge on any atom is -0.440 e. The molecular weight excluding hydrogens is 553 g/mol. The van der Waals surface area contributed by atoms with Crippen molar-refractivity contribution in [1.29, 1.82) is 0 Å². The second kappa shape index (κ2) is 13.0. The fourth-order valence-corrected chi connectivity index (χ4v) is 5.68. The number of ether oxygens (including phenoxy) is 1. The molecule has 4 rings (SSSR count). The van der Waals surface area contributed by atoms with E-state index in [2.05, 4.69) is 16.0 Å². The van der Waals surface area contributed by atoms with Crippen molar-refractivity contribution in [3.8, 4) is 0 Å². The second-order valence-corrected chi connectivity index (χ2v) is 12.0. The summed E-state index contributed by atoms with van der Waals surface area (Å²) in [5.41, 5.74) is 1.28. The Morgan fingerprint density at radius 1 is 1.10 bits per heavy atom. The number of amides is 3. The van der Waals surface area contributed by atoms with Crippen molar-refractivity contribution in [2.75, 3.05) is 6.54 Å². The van der Waals surface area contributed by atoms with Gasteiger partial charge in [-0.15, -0.1) is 0 Å². The van der Waals surface area contributed by atoms with Crippen molar-refractivity contribution >= 4 is 47.4 Å². The van der Waals surface area contributed by atoms with Gasteiger partial charge in [0, 0.05) is 27.9 Å². The summed E-state index contributed by atoms with van der Waals surface area (Å²) in [6.45, 7) is 4.42. The van der Waals surface area contributed by atoms with Crippen LogP contribution in [-0.4, -0.2) is 42.8 Å². The number of hydrogen-bond donors (Lipinski definition) is 3. The maximum absolute atomic E-state index is 13.4. The van der Waals surface area contributed by atoms with Gasteiger partial charge in [-0.3, -0.25) is 9.59 Å². The zero-order chi connectivity index (χ0) is 28.9. The minimum absolute atomic E-state index is 0.0691. The Morgan fingerprint density at radius 2 is 1.82 bits per heavy atom. The number of carbonyl (C=O) groups is 4. The van der Waals surface area contributed by atoms with E-state index in [-0.39, 0.29) is 24.2 Å². The Labute approximate surface area is 244 Å². The predicted octanol–water partition coefficient (Wildman–Crippen LogP) is 5.12. The lowest BCUT2D eigenvalue weighted by molar-refractivity contribution is -0.127. The molecule has 214 valence electrons. The third kappa shape index (κ3) is 7.34. The first-order valence-electron chi connectivity index (χ1n) is 13.6. The largest absolute Gasteiger partial charge is 0.440 e. The van der Waals surface area contributed by atoms with Gasteiger partial charge >= 0.3 is 6.09 Å². The number of alkyl carbamates (subject to hydrolysis) is 1. The number of hydrogen-bond acceptors (Lipinski definition) is 5. The number of benzene rings is 2. The SMILES string of the molecule is CC(C)C[C@H](NC(=O)OC(c1ccc(Cl)cc1)C1(c2cccc(Cl)c2)CC1)C(=O)N[C@H](C=O)C[C@@H]1CCNC1=O. The van der Waals surface area contributed by atoms with Gasteiger partial charge in [0.05, 0.1) is 6.04 Å². The third-order valence-corrected chi connectivity index (χ3v) is 8.08. The molecule has 1 heterocycles. The molecule has 1 unspecified atom stereocenters. The van der Waals surface area contributed by atoms with Crippen LogP contribution in [0.1, 0.15) is 63.2 Å². The fraction of sp³-hybridized carbons (Fsp3) is 0.467. The number of rotatable bonds is 12. The lowest BCUT2D eigenvalue weighted by atomic mass is 9.86. The van der Waals surface area contributed by atoms with Gasteiger partial charge in [0.25, 0.3) is 0 Å². The highest BCUT2D eigenvalue weighted by molar-refractivity contribution is 6.30. The van der Waals surface area contributed by atoms with Crippen molar-refractivity contribution in [2.45, 2.75) is 69.6 Å². The molecule has 2 aromatic carbocycles. The van der Waals surface area contributed by atoms with E-state index in [1.807, 2.05) is 44.2 Å². The molecule has 4 atom stereocenters. The third-order valence-electron chi connectivity index (χ3n) is 7.60. The molecule has 1 aliphatic heterocycles. The molecule has 10 heteroatoms.